The van der Waals surface area contributed by atoms with E-state index in [1.54, 1.807) is 39.1 Å². The van der Waals surface area contributed by atoms with Crippen molar-refractivity contribution in [1.29, 1.82) is 0 Å². The molecule has 4 rings (SSSR count). The van der Waals surface area contributed by atoms with Gasteiger partial charge in [-0.3, -0.25) is 14.4 Å². The molecule has 0 saturated carbocycles. The second-order valence-corrected chi connectivity index (χ2v) is 13.2. The highest BCUT2D eigenvalue weighted by molar-refractivity contribution is 5.98. The second kappa shape index (κ2) is 15.5. The Morgan fingerprint density at radius 3 is 2.12 bits per heavy atom. The second-order valence-electron chi connectivity index (χ2n) is 13.2. The van der Waals surface area contributed by atoms with Crippen molar-refractivity contribution in [2.75, 3.05) is 27.2 Å². The van der Waals surface area contributed by atoms with E-state index in [1.807, 2.05) is 55.5 Å². The number of fused-ring (bicyclic) bond motifs is 1. The smallest absolute Gasteiger partial charge is 0.254 e. The Bertz CT molecular complexity index is 1780. The summed E-state index contributed by atoms with van der Waals surface area (Å²) in [5.74, 6) is -3.57. The van der Waals surface area contributed by atoms with Crippen molar-refractivity contribution in [3.05, 3.63) is 119 Å². The topological polar surface area (TPSA) is 116 Å². The number of halogens is 2. The van der Waals surface area contributed by atoms with Crippen LogP contribution in [0.3, 0.4) is 0 Å². The van der Waals surface area contributed by atoms with Gasteiger partial charge in [0.1, 0.15) is 12.1 Å². The van der Waals surface area contributed by atoms with Crippen LogP contribution in [0, 0.1) is 17.0 Å². The molecule has 4 aromatic carbocycles. The van der Waals surface area contributed by atoms with Crippen LogP contribution in [-0.2, 0) is 22.4 Å². The highest BCUT2D eigenvalue weighted by Crippen LogP contribution is 2.22. The Morgan fingerprint density at radius 1 is 0.812 bits per heavy atom. The number of hydrogen-bond acceptors (Lipinski definition) is 5. The van der Waals surface area contributed by atoms with Crippen molar-refractivity contribution >= 4 is 28.5 Å². The molecule has 0 aliphatic carbocycles. The molecule has 254 valence electrons. The van der Waals surface area contributed by atoms with E-state index in [0.29, 0.717) is 11.1 Å². The number of likely N-dealkylation sites (N-methyl/N-ethyl adjacent to an activating group) is 2. The quantitative estimate of drug-likeness (QED) is 0.187. The first-order valence-electron chi connectivity index (χ1n) is 15.9. The Balaban J connectivity index is 1.73. The number of carbonyl (C=O) groups excluding carboxylic acids is 3. The number of aliphatic hydroxyl groups excluding tert-OH is 1. The molecular formula is C38H44F2N4O4. The number of amides is 3. The lowest BCUT2D eigenvalue weighted by Gasteiger charge is -2.35. The predicted molar refractivity (Wildman–Crippen MR) is 183 cm³/mol. The first-order chi connectivity index (χ1) is 22.7. The Labute approximate surface area is 280 Å². The van der Waals surface area contributed by atoms with E-state index < -0.39 is 46.9 Å². The van der Waals surface area contributed by atoms with Crippen LogP contribution in [0.5, 0.6) is 0 Å². The maximum atomic E-state index is 14.5. The van der Waals surface area contributed by atoms with Crippen LogP contribution in [0.2, 0.25) is 0 Å². The van der Waals surface area contributed by atoms with Crippen molar-refractivity contribution in [3.8, 4) is 0 Å². The van der Waals surface area contributed by atoms with Gasteiger partial charge in [0.2, 0.25) is 11.8 Å². The monoisotopic (exact) mass is 658 g/mol. The van der Waals surface area contributed by atoms with Crippen LogP contribution >= 0.6 is 0 Å². The van der Waals surface area contributed by atoms with Crippen molar-refractivity contribution in [2.45, 2.75) is 51.7 Å². The van der Waals surface area contributed by atoms with Crippen LogP contribution < -0.4 is 11.1 Å². The Hall–Kier alpha value is -4.67. The SMILES string of the molecule is CC(N)c1cccc(C(=O)N(C)[C@H](Cc2ccc3ccccc3c2)C(=O)N(C)[C@H](Cc2ccc(F)c(F)c2)C(=O)NCC(C)(C)CO)c1. The zero-order chi connectivity index (χ0) is 35.2. The van der Waals surface area contributed by atoms with Crippen molar-refractivity contribution in [1.82, 2.24) is 15.1 Å². The molecule has 4 N–H and O–H groups in total. The largest absolute Gasteiger partial charge is 0.396 e. The normalized spacial score (nSPS) is 13.4. The molecule has 0 bridgehead atoms. The Kier molecular flexibility index (Phi) is 11.7. The third-order valence-corrected chi connectivity index (χ3v) is 8.68. The van der Waals surface area contributed by atoms with Crippen LogP contribution in [0.1, 0.15) is 53.9 Å². The lowest BCUT2D eigenvalue weighted by Crippen LogP contribution is -2.56. The predicted octanol–water partition coefficient (Wildman–Crippen LogP) is 5.03. The molecule has 48 heavy (non-hydrogen) atoms. The number of nitrogens with two attached hydrogens (primary N) is 1. The zero-order valence-corrected chi connectivity index (χ0v) is 28.0. The van der Waals surface area contributed by atoms with Gasteiger partial charge < -0.3 is 26.0 Å². The van der Waals surface area contributed by atoms with Gasteiger partial charge in [0.25, 0.3) is 5.91 Å². The molecule has 4 aromatic rings. The first kappa shape index (κ1) is 36.2. The highest BCUT2D eigenvalue weighted by Gasteiger charge is 2.36. The maximum Gasteiger partial charge on any atom is 0.254 e. The molecule has 0 fully saturated rings. The highest BCUT2D eigenvalue weighted by atomic mass is 19.2. The summed E-state index contributed by atoms with van der Waals surface area (Å²) in [5.41, 5.74) is 7.65. The number of benzene rings is 4. The fraction of sp³-hybridized carbons (Fsp3) is 0.342. The van der Waals surface area contributed by atoms with Gasteiger partial charge in [-0.25, -0.2) is 8.78 Å². The summed E-state index contributed by atoms with van der Waals surface area (Å²) in [5, 5.41) is 14.5. The summed E-state index contributed by atoms with van der Waals surface area (Å²) in [4.78, 5) is 44.8. The molecule has 0 spiro atoms. The molecular weight excluding hydrogens is 614 g/mol. The minimum atomic E-state index is -1.15. The summed E-state index contributed by atoms with van der Waals surface area (Å²) in [7, 11) is 3.01. The van der Waals surface area contributed by atoms with Gasteiger partial charge >= 0.3 is 0 Å². The molecule has 8 nitrogen and oxygen atoms in total. The minimum absolute atomic E-state index is 0.105. The van der Waals surface area contributed by atoms with Gasteiger partial charge in [-0.2, -0.15) is 0 Å². The van der Waals surface area contributed by atoms with Gasteiger partial charge in [-0.15, -0.1) is 0 Å². The summed E-state index contributed by atoms with van der Waals surface area (Å²) >= 11 is 0. The lowest BCUT2D eigenvalue weighted by molar-refractivity contribution is -0.142. The van der Waals surface area contributed by atoms with E-state index in [0.717, 1.165) is 34.0 Å². The molecule has 1 unspecified atom stereocenters. The summed E-state index contributed by atoms with van der Waals surface area (Å²) in [6.07, 6.45) is 0.0158. The Morgan fingerprint density at radius 2 is 1.46 bits per heavy atom. The van der Waals surface area contributed by atoms with E-state index in [4.69, 9.17) is 5.73 Å². The maximum absolute atomic E-state index is 14.5. The number of nitrogens with zero attached hydrogens (tertiary/aromatic N) is 2. The molecule has 0 aliphatic heterocycles. The van der Waals surface area contributed by atoms with Crippen molar-refractivity contribution < 1.29 is 28.3 Å². The summed E-state index contributed by atoms with van der Waals surface area (Å²) in [6, 6.07) is 21.4. The number of hydrogen-bond donors (Lipinski definition) is 3. The standard InChI is InChI=1S/C38H44F2N4O4/c1-24(41)28-11-8-12-30(21-28)36(47)44(5)34(20-25-13-15-27-9-6-7-10-29(27)17-25)37(48)43(4)33(35(46)42-22-38(2,3)23-45)19-26-14-16-31(39)32(40)18-26/h6-18,21,24,33-34,45H,19-20,22-23,41H2,1-5H3,(H,42,46)/t24?,33-,34-/m1/s1. The molecule has 0 aliphatic rings. The first-order valence-corrected chi connectivity index (χ1v) is 15.9. The summed E-state index contributed by atoms with van der Waals surface area (Å²) in [6.45, 7) is 5.27. The third kappa shape index (κ3) is 8.81. The van der Waals surface area contributed by atoms with Gasteiger partial charge in [-0.05, 0) is 58.7 Å². The van der Waals surface area contributed by atoms with Crippen LogP contribution in [-0.4, -0.2) is 72.0 Å². The van der Waals surface area contributed by atoms with Gasteiger partial charge in [0, 0.05) is 57.1 Å². The van der Waals surface area contributed by atoms with E-state index >= 15 is 0 Å². The van der Waals surface area contributed by atoms with Gasteiger partial charge in [-0.1, -0.05) is 74.5 Å². The lowest BCUT2D eigenvalue weighted by atomic mass is 9.94. The molecule has 0 heterocycles. The van der Waals surface area contributed by atoms with E-state index in [-0.39, 0.29) is 32.0 Å². The van der Waals surface area contributed by atoms with E-state index in [1.165, 1.54) is 22.9 Å². The zero-order valence-electron chi connectivity index (χ0n) is 28.0. The molecule has 0 aromatic heterocycles. The van der Waals surface area contributed by atoms with Gasteiger partial charge in [0.15, 0.2) is 11.6 Å². The number of carbonyl (C=O) groups is 3. The number of nitrogens with one attached hydrogen (secondary N) is 1. The van der Waals surface area contributed by atoms with Crippen LogP contribution in [0.25, 0.3) is 10.8 Å². The average molecular weight is 659 g/mol. The van der Waals surface area contributed by atoms with Crippen LogP contribution in [0.15, 0.2) is 84.9 Å². The fourth-order valence-corrected chi connectivity index (χ4v) is 5.46. The molecule has 0 radical (unpaired) electrons. The van der Waals surface area contributed by atoms with E-state index in [9.17, 15) is 28.3 Å². The fourth-order valence-electron chi connectivity index (χ4n) is 5.46. The molecule has 3 amide bonds. The number of rotatable bonds is 13. The van der Waals surface area contributed by atoms with Crippen molar-refractivity contribution in [2.24, 2.45) is 11.1 Å². The average Bonchev–Trinajstić information content (AvgIpc) is 3.08. The molecule has 3 atom stereocenters. The van der Waals surface area contributed by atoms with Crippen molar-refractivity contribution in [3.63, 3.8) is 0 Å². The molecule has 0 saturated heterocycles. The third-order valence-electron chi connectivity index (χ3n) is 8.68. The summed E-state index contributed by atoms with van der Waals surface area (Å²) < 4.78 is 28.0. The van der Waals surface area contributed by atoms with E-state index in [2.05, 4.69) is 5.32 Å². The molecule has 10 heteroatoms. The van der Waals surface area contributed by atoms with Crippen LogP contribution in [0.4, 0.5) is 8.78 Å². The van der Waals surface area contributed by atoms with Gasteiger partial charge in [0.05, 0.1) is 0 Å². The minimum Gasteiger partial charge on any atom is -0.396 e. The number of aliphatic hydroxyl groups is 1.